The zero-order valence-electron chi connectivity index (χ0n) is 12.5. The van der Waals surface area contributed by atoms with E-state index < -0.39 is 14.3 Å². The predicted octanol–water partition coefficient (Wildman–Crippen LogP) is 3.60. The standard InChI is InChI=1S/C15H24O3Si/c1-7-8-10-13(11-9-12-14(16)17)18-19(5,6)15(2,3)4/h7-8,10,13H,1,11H2,2-6H3,(H,16,17). The molecule has 0 aromatic carbocycles. The second kappa shape index (κ2) is 7.32. The third-order valence-corrected chi connectivity index (χ3v) is 7.72. The Bertz CT molecular complexity index is 405. The van der Waals surface area contributed by atoms with Crippen molar-refractivity contribution in [2.75, 3.05) is 0 Å². The molecule has 0 saturated carbocycles. The molecule has 0 radical (unpaired) electrons. The summed E-state index contributed by atoms with van der Waals surface area (Å²) in [6.07, 6.45) is 5.55. The molecule has 0 aromatic heterocycles. The lowest BCUT2D eigenvalue weighted by atomic mass is 10.2. The Balaban J connectivity index is 4.89. The minimum atomic E-state index is -1.90. The van der Waals surface area contributed by atoms with E-state index in [4.69, 9.17) is 9.53 Å². The average Bonchev–Trinajstić information content (AvgIpc) is 2.23. The molecule has 0 aliphatic heterocycles. The second-order valence-corrected chi connectivity index (χ2v) is 10.6. The summed E-state index contributed by atoms with van der Waals surface area (Å²) < 4.78 is 6.20. The van der Waals surface area contributed by atoms with Gasteiger partial charge in [0, 0.05) is 12.3 Å². The first-order valence-electron chi connectivity index (χ1n) is 6.29. The van der Waals surface area contributed by atoms with Crippen LogP contribution in [0.1, 0.15) is 27.2 Å². The maximum atomic E-state index is 10.4. The summed E-state index contributed by atoms with van der Waals surface area (Å²) in [6.45, 7) is 14.4. The SMILES string of the molecule is C=CC=CC(CC#CC(=O)O)O[Si](C)(C)C(C)(C)C. The Hall–Kier alpha value is -1.31. The van der Waals surface area contributed by atoms with Gasteiger partial charge >= 0.3 is 5.97 Å². The predicted molar refractivity (Wildman–Crippen MR) is 81.4 cm³/mol. The average molecular weight is 280 g/mol. The number of carboxylic acids is 1. The summed E-state index contributed by atoms with van der Waals surface area (Å²) in [5, 5.41) is 8.63. The van der Waals surface area contributed by atoms with Crippen LogP contribution < -0.4 is 0 Å². The minimum Gasteiger partial charge on any atom is -0.472 e. The summed E-state index contributed by atoms with van der Waals surface area (Å²) in [6, 6.07) is 0. The van der Waals surface area contributed by atoms with Gasteiger partial charge in [-0.2, -0.15) is 0 Å². The van der Waals surface area contributed by atoms with Crippen LogP contribution >= 0.6 is 0 Å². The van der Waals surface area contributed by atoms with E-state index in [9.17, 15) is 4.79 Å². The lowest BCUT2D eigenvalue weighted by Crippen LogP contribution is -2.43. The third-order valence-electron chi connectivity index (χ3n) is 3.21. The van der Waals surface area contributed by atoms with Gasteiger partial charge in [0.25, 0.3) is 0 Å². The molecule has 106 valence electrons. The molecule has 1 atom stereocenters. The highest BCUT2D eigenvalue weighted by molar-refractivity contribution is 6.74. The van der Waals surface area contributed by atoms with Crippen LogP contribution in [0.5, 0.6) is 0 Å². The van der Waals surface area contributed by atoms with Gasteiger partial charge in [-0.1, -0.05) is 51.5 Å². The fourth-order valence-electron chi connectivity index (χ4n) is 1.13. The molecular weight excluding hydrogens is 256 g/mol. The van der Waals surface area contributed by atoms with Crippen molar-refractivity contribution in [2.24, 2.45) is 0 Å². The van der Waals surface area contributed by atoms with Gasteiger partial charge in [0.05, 0.1) is 6.10 Å². The number of hydrogen-bond donors (Lipinski definition) is 1. The molecule has 0 aliphatic rings. The van der Waals surface area contributed by atoms with Crippen LogP contribution in [-0.2, 0) is 9.22 Å². The Kier molecular flexibility index (Phi) is 6.81. The van der Waals surface area contributed by atoms with Gasteiger partial charge in [-0.25, -0.2) is 4.79 Å². The Labute approximate surface area is 117 Å². The number of carbonyl (C=O) groups is 1. The fraction of sp³-hybridized carbons (Fsp3) is 0.533. The summed E-state index contributed by atoms with van der Waals surface area (Å²) in [5.74, 6) is 3.64. The number of aliphatic carboxylic acids is 1. The summed E-state index contributed by atoms with van der Waals surface area (Å²) in [7, 11) is -1.90. The van der Waals surface area contributed by atoms with Gasteiger partial charge in [0.2, 0.25) is 0 Å². The van der Waals surface area contributed by atoms with E-state index in [0.717, 1.165) is 0 Å². The van der Waals surface area contributed by atoms with Crippen molar-refractivity contribution in [2.45, 2.75) is 51.4 Å². The molecule has 0 bridgehead atoms. The second-order valence-electron chi connectivity index (χ2n) is 5.85. The van der Waals surface area contributed by atoms with Crippen LogP contribution in [0.25, 0.3) is 0 Å². The maximum absolute atomic E-state index is 10.4. The van der Waals surface area contributed by atoms with Crippen molar-refractivity contribution in [1.29, 1.82) is 0 Å². The Morgan fingerprint density at radius 3 is 2.47 bits per heavy atom. The Morgan fingerprint density at radius 2 is 2.05 bits per heavy atom. The normalized spacial score (nSPS) is 13.7. The fourth-order valence-corrected chi connectivity index (χ4v) is 2.41. The molecule has 3 nitrogen and oxygen atoms in total. The molecule has 0 spiro atoms. The van der Waals surface area contributed by atoms with Crippen molar-refractivity contribution in [3.05, 3.63) is 24.8 Å². The molecule has 0 amide bonds. The molecule has 0 rings (SSSR count). The summed E-state index contributed by atoms with van der Waals surface area (Å²) in [5.41, 5.74) is 0. The molecule has 19 heavy (non-hydrogen) atoms. The molecule has 0 aliphatic carbocycles. The minimum absolute atomic E-state index is 0.105. The topological polar surface area (TPSA) is 46.5 Å². The van der Waals surface area contributed by atoms with Gasteiger partial charge in [0.1, 0.15) is 0 Å². The van der Waals surface area contributed by atoms with E-state index >= 15 is 0 Å². The smallest absolute Gasteiger partial charge is 0.381 e. The van der Waals surface area contributed by atoms with E-state index in [0.29, 0.717) is 6.42 Å². The van der Waals surface area contributed by atoms with Gasteiger partial charge < -0.3 is 9.53 Å². The zero-order valence-corrected chi connectivity index (χ0v) is 13.5. The number of carboxylic acid groups (broad SMARTS) is 1. The highest BCUT2D eigenvalue weighted by Crippen LogP contribution is 2.37. The van der Waals surface area contributed by atoms with Crippen LogP contribution in [-0.4, -0.2) is 25.5 Å². The van der Waals surface area contributed by atoms with Gasteiger partial charge in [-0.15, -0.1) is 0 Å². The van der Waals surface area contributed by atoms with Crippen LogP contribution in [0.2, 0.25) is 18.1 Å². The first-order chi connectivity index (χ1) is 8.60. The van der Waals surface area contributed by atoms with Gasteiger partial charge in [-0.3, -0.25) is 0 Å². The maximum Gasteiger partial charge on any atom is 0.381 e. The molecule has 0 heterocycles. The van der Waals surface area contributed by atoms with Crippen molar-refractivity contribution >= 4 is 14.3 Å². The van der Waals surface area contributed by atoms with Crippen molar-refractivity contribution in [3.8, 4) is 11.8 Å². The largest absolute Gasteiger partial charge is 0.472 e. The lowest BCUT2D eigenvalue weighted by molar-refractivity contribution is -0.130. The van der Waals surface area contributed by atoms with Crippen molar-refractivity contribution < 1.29 is 14.3 Å². The van der Waals surface area contributed by atoms with E-state index in [1.54, 1.807) is 12.2 Å². The molecule has 0 saturated heterocycles. The molecule has 1 unspecified atom stereocenters. The van der Waals surface area contributed by atoms with Crippen molar-refractivity contribution in [1.82, 2.24) is 0 Å². The van der Waals surface area contributed by atoms with Crippen LogP contribution in [0.3, 0.4) is 0 Å². The summed E-state index contributed by atoms with van der Waals surface area (Å²) >= 11 is 0. The monoisotopic (exact) mass is 280 g/mol. The van der Waals surface area contributed by atoms with Crippen LogP contribution in [0.15, 0.2) is 24.8 Å². The Morgan fingerprint density at radius 1 is 1.47 bits per heavy atom. The highest BCUT2D eigenvalue weighted by Gasteiger charge is 2.38. The van der Waals surface area contributed by atoms with E-state index in [2.05, 4.69) is 52.3 Å². The van der Waals surface area contributed by atoms with Gasteiger partial charge in [-0.05, 0) is 18.1 Å². The van der Waals surface area contributed by atoms with Gasteiger partial charge in [0.15, 0.2) is 8.32 Å². The molecule has 4 heteroatoms. The van der Waals surface area contributed by atoms with E-state index in [1.165, 1.54) is 0 Å². The van der Waals surface area contributed by atoms with Crippen molar-refractivity contribution in [3.63, 3.8) is 0 Å². The molecular formula is C15H24O3Si. The lowest BCUT2D eigenvalue weighted by Gasteiger charge is -2.38. The molecule has 0 aromatic rings. The first kappa shape index (κ1) is 17.7. The number of hydrogen-bond acceptors (Lipinski definition) is 2. The number of rotatable bonds is 5. The van der Waals surface area contributed by atoms with E-state index in [1.807, 2.05) is 6.08 Å². The first-order valence-corrected chi connectivity index (χ1v) is 9.20. The third kappa shape index (κ3) is 6.99. The molecule has 0 fully saturated rings. The quantitative estimate of drug-likeness (QED) is 0.475. The molecule has 1 N–H and O–H groups in total. The number of allylic oxidation sites excluding steroid dienone is 2. The van der Waals surface area contributed by atoms with Crippen LogP contribution in [0.4, 0.5) is 0 Å². The summed E-state index contributed by atoms with van der Waals surface area (Å²) in [4.78, 5) is 10.4. The van der Waals surface area contributed by atoms with Crippen LogP contribution in [0, 0.1) is 11.8 Å². The zero-order chi connectivity index (χ0) is 15.1. The van der Waals surface area contributed by atoms with E-state index in [-0.39, 0.29) is 11.1 Å². The highest BCUT2D eigenvalue weighted by atomic mass is 28.4.